The minimum absolute atomic E-state index is 0.0987. The fraction of sp³-hybridized carbons (Fsp3) is 0.241. The molecule has 4 rings (SSSR count). The number of carbonyl (C=O) groups excluding carboxylic acids is 1. The van der Waals surface area contributed by atoms with E-state index in [2.05, 4.69) is 71.4 Å². The molecular formula is C29H29BrN2O3S. The molecule has 0 amide bonds. The van der Waals surface area contributed by atoms with Gasteiger partial charge in [0.1, 0.15) is 16.4 Å². The van der Waals surface area contributed by atoms with Crippen LogP contribution in [0.1, 0.15) is 40.6 Å². The third kappa shape index (κ3) is 5.08. The first-order valence-corrected chi connectivity index (χ1v) is 13.3. The number of benzene rings is 2. The smallest absolute Gasteiger partial charge is 0.344 e. The molecule has 0 unspecified atom stereocenters. The average molecular weight is 566 g/mol. The van der Waals surface area contributed by atoms with Crippen LogP contribution in [0.5, 0.6) is 0 Å². The van der Waals surface area contributed by atoms with E-state index in [0.29, 0.717) is 15.6 Å². The van der Waals surface area contributed by atoms with Crippen molar-refractivity contribution in [1.29, 1.82) is 0 Å². The van der Waals surface area contributed by atoms with Crippen LogP contribution in [-0.2, 0) is 9.53 Å². The molecule has 5 nitrogen and oxygen atoms in total. The molecule has 2 heterocycles. The molecule has 2 aromatic carbocycles. The maximum absolute atomic E-state index is 12.7. The Morgan fingerprint density at radius 2 is 1.72 bits per heavy atom. The van der Waals surface area contributed by atoms with Gasteiger partial charge in [-0.25, -0.2) is 9.79 Å². The van der Waals surface area contributed by atoms with Crippen LogP contribution in [0.2, 0.25) is 0 Å². The zero-order valence-corrected chi connectivity index (χ0v) is 23.7. The van der Waals surface area contributed by atoms with Crippen LogP contribution in [0.4, 0.5) is 5.69 Å². The maximum Gasteiger partial charge on any atom is 0.344 e. The molecule has 0 saturated carbocycles. The van der Waals surface area contributed by atoms with Crippen LogP contribution >= 0.6 is 27.7 Å². The summed E-state index contributed by atoms with van der Waals surface area (Å²) in [5, 5.41) is 11.5. The molecule has 0 bridgehead atoms. The molecule has 0 fully saturated rings. The van der Waals surface area contributed by atoms with Gasteiger partial charge < -0.3 is 14.4 Å². The zero-order chi connectivity index (χ0) is 26.1. The highest BCUT2D eigenvalue weighted by Gasteiger charge is 2.33. The molecule has 1 aliphatic rings. The number of hydrogen-bond donors (Lipinski definition) is 1. The fourth-order valence-electron chi connectivity index (χ4n) is 4.25. The van der Waals surface area contributed by atoms with E-state index in [9.17, 15) is 9.90 Å². The van der Waals surface area contributed by atoms with Crippen molar-refractivity contribution in [3.63, 3.8) is 0 Å². The zero-order valence-electron chi connectivity index (χ0n) is 21.3. The van der Waals surface area contributed by atoms with Crippen LogP contribution in [0.15, 0.2) is 68.2 Å². The van der Waals surface area contributed by atoms with Gasteiger partial charge >= 0.3 is 5.97 Å². The number of carbonyl (C=O) groups is 1. The third-order valence-corrected chi connectivity index (χ3v) is 8.34. The highest BCUT2D eigenvalue weighted by molar-refractivity contribution is 9.10. The number of aliphatic imine (C=N–C) groups is 1. The number of nitrogens with zero attached hydrogens (tertiary/aromatic N) is 2. The van der Waals surface area contributed by atoms with Gasteiger partial charge in [-0.2, -0.15) is 0 Å². The average Bonchev–Trinajstić information content (AvgIpc) is 3.28. The van der Waals surface area contributed by atoms with E-state index in [0.717, 1.165) is 32.7 Å². The van der Waals surface area contributed by atoms with Gasteiger partial charge in [0.05, 0.1) is 17.2 Å². The molecule has 0 atom stereocenters. The highest BCUT2D eigenvalue weighted by Crippen LogP contribution is 2.41. The lowest BCUT2D eigenvalue weighted by molar-refractivity contribution is -0.138. The van der Waals surface area contributed by atoms with Gasteiger partial charge in [0.2, 0.25) is 0 Å². The van der Waals surface area contributed by atoms with Crippen molar-refractivity contribution in [2.24, 2.45) is 4.99 Å². The third-order valence-electron chi connectivity index (χ3n) is 6.07. The van der Waals surface area contributed by atoms with Gasteiger partial charge in [-0.3, -0.25) is 0 Å². The van der Waals surface area contributed by atoms with E-state index in [1.807, 2.05) is 37.3 Å². The molecule has 1 aliphatic heterocycles. The Bertz CT molecular complexity index is 1420. The first-order chi connectivity index (χ1) is 17.1. The number of esters is 1. The highest BCUT2D eigenvalue weighted by atomic mass is 79.9. The van der Waals surface area contributed by atoms with Crippen LogP contribution in [0.3, 0.4) is 0 Å². The van der Waals surface area contributed by atoms with Gasteiger partial charge in [-0.05, 0) is 94.6 Å². The number of hydrogen-bond acceptors (Lipinski definition) is 5. The number of aromatic nitrogens is 1. The fourth-order valence-corrected chi connectivity index (χ4v) is 5.51. The first-order valence-electron chi connectivity index (χ1n) is 11.7. The molecule has 1 aromatic heterocycles. The Kier molecular flexibility index (Phi) is 7.62. The molecule has 7 heteroatoms. The summed E-state index contributed by atoms with van der Waals surface area (Å²) in [4.78, 5) is 18.0. The van der Waals surface area contributed by atoms with E-state index in [1.54, 1.807) is 6.92 Å². The lowest BCUT2D eigenvalue weighted by Crippen LogP contribution is -2.12. The van der Waals surface area contributed by atoms with Crippen molar-refractivity contribution < 1.29 is 14.6 Å². The Morgan fingerprint density at radius 1 is 1.08 bits per heavy atom. The minimum atomic E-state index is -0.581. The standard InChI is InChI=1S/C29H29BrN2O3S/c1-7-35-29(34)25-27(33)24(36-28(25)31-22-10-8-16(2)9-11-22)15-21-14-19(5)32(20(21)6)23-12-17(3)26(30)18(4)13-23/h8-15,33H,7H2,1-6H3/b24-15-,31-28?. The van der Waals surface area contributed by atoms with Crippen molar-refractivity contribution in [2.75, 3.05) is 6.61 Å². The van der Waals surface area contributed by atoms with E-state index in [4.69, 9.17) is 4.74 Å². The topological polar surface area (TPSA) is 63.8 Å². The largest absolute Gasteiger partial charge is 0.506 e. The van der Waals surface area contributed by atoms with Crippen molar-refractivity contribution in [2.45, 2.75) is 41.5 Å². The van der Waals surface area contributed by atoms with Gasteiger partial charge in [-0.1, -0.05) is 45.4 Å². The summed E-state index contributed by atoms with van der Waals surface area (Å²) in [5.41, 5.74) is 8.41. The summed E-state index contributed by atoms with van der Waals surface area (Å²) in [6.45, 7) is 12.2. The Balaban J connectivity index is 1.78. The summed E-state index contributed by atoms with van der Waals surface area (Å²) >= 11 is 4.92. The summed E-state index contributed by atoms with van der Waals surface area (Å²) in [6.07, 6.45) is 1.91. The molecule has 0 spiro atoms. The van der Waals surface area contributed by atoms with Gasteiger partial charge in [-0.15, -0.1) is 0 Å². The molecule has 0 aliphatic carbocycles. The number of rotatable bonds is 5. The molecule has 186 valence electrons. The number of halogens is 1. The van der Waals surface area contributed by atoms with Crippen LogP contribution < -0.4 is 0 Å². The van der Waals surface area contributed by atoms with E-state index < -0.39 is 5.97 Å². The van der Waals surface area contributed by atoms with Crippen LogP contribution in [0.25, 0.3) is 11.8 Å². The first kappa shape index (κ1) is 26.0. The van der Waals surface area contributed by atoms with Crippen molar-refractivity contribution in [3.8, 4) is 5.69 Å². The van der Waals surface area contributed by atoms with Crippen molar-refractivity contribution in [1.82, 2.24) is 4.57 Å². The van der Waals surface area contributed by atoms with E-state index in [1.165, 1.54) is 22.9 Å². The molecule has 3 aromatic rings. The number of aliphatic hydroxyl groups is 1. The minimum Gasteiger partial charge on any atom is -0.506 e. The predicted molar refractivity (Wildman–Crippen MR) is 153 cm³/mol. The quantitative estimate of drug-likeness (QED) is 0.319. The predicted octanol–water partition coefficient (Wildman–Crippen LogP) is 7.98. The molecular weight excluding hydrogens is 536 g/mol. The number of aliphatic hydroxyl groups excluding tert-OH is 1. The monoisotopic (exact) mass is 564 g/mol. The molecule has 0 saturated heterocycles. The summed E-state index contributed by atoms with van der Waals surface area (Å²) in [7, 11) is 0. The van der Waals surface area contributed by atoms with Gasteiger partial charge in [0, 0.05) is 21.5 Å². The normalized spacial score (nSPS) is 15.9. The Labute approximate surface area is 224 Å². The van der Waals surface area contributed by atoms with Crippen molar-refractivity contribution >= 4 is 50.5 Å². The number of aryl methyl sites for hydroxylation is 4. The second kappa shape index (κ2) is 10.5. The van der Waals surface area contributed by atoms with E-state index >= 15 is 0 Å². The Hall–Kier alpha value is -3.03. The lowest BCUT2D eigenvalue weighted by atomic mass is 10.1. The lowest BCUT2D eigenvalue weighted by Gasteiger charge is -2.13. The summed E-state index contributed by atoms with van der Waals surface area (Å²) in [6, 6.07) is 14.1. The summed E-state index contributed by atoms with van der Waals surface area (Å²) in [5.74, 6) is -0.688. The van der Waals surface area contributed by atoms with Crippen LogP contribution in [0, 0.1) is 34.6 Å². The Morgan fingerprint density at radius 3 is 2.33 bits per heavy atom. The SMILES string of the molecule is CCOC(=O)C1=C(O)/C(=C/c2cc(C)n(-c3cc(C)c(Br)c(C)c3)c2C)SC1=Nc1ccc(C)cc1. The summed E-state index contributed by atoms with van der Waals surface area (Å²) < 4.78 is 8.55. The molecule has 1 N–H and O–H groups in total. The van der Waals surface area contributed by atoms with Gasteiger partial charge in [0.15, 0.2) is 0 Å². The van der Waals surface area contributed by atoms with E-state index in [-0.39, 0.29) is 17.9 Å². The number of ether oxygens (including phenoxy) is 1. The van der Waals surface area contributed by atoms with Crippen molar-refractivity contribution in [3.05, 3.63) is 96.8 Å². The maximum atomic E-state index is 12.7. The number of thioether (sulfide) groups is 1. The second-order valence-electron chi connectivity index (χ2n) is 8.86. The second-order valence-corrected chi connectivity index (χ2v) is 10.7. The molecule has 36 heavy (non-hydrogen) atoms. The molecule has 0 radical (unpaired) electrons. The van der Waals surface area contributed by atoms with Gasteiger partial charge in [0.25, 0.3) is 0 Å². The van der Waals surface area contributed by atoms with Crippen LogP contribution in [-0.4, -0.2) is 27.3 Å².